The van der Waals surface area contributed by atoms with E-state index in [1.807, 2.05) is 32.0 Å². The molecule has 0 spiro atoms. The zero-order valence-corrected chi connectivity index (χ0v) is 17.7. The molecule has 4 rings (SSSR count). The van der Waals surface area contributed by atoms with Crippen LogP contribution >= 0.6 is 0 Å². The van der Waals surface area contributed by atoms with Gasteiger partial charge in [0.15, 0.2) is 0 Å². The second kappa shape index (κ2) is 8.71. The van der Waals surface area contributed by atoms with Crippen molar-refractivity contribution >= 4 is 11.7 Å². The number of amides is 1. The maximum absolute atomic E-state index is 13.5. The first-order valence-electron chi connectivity index (χ1n) is 10.4. The molecule has 0 bridgehead atoms. The Morgan fingerprint density at radius 3 is 2.55 bits per heavy atom. The smallest absolute Gasteiger partial charge is 0.271 e. The average Bonchev–Trinajstić information content (AvgIpc) is 3.02. The van der Waals surface area contributed by atoms with Crippen molar-refractivity contribution in [2.24, 2.45) is 0 Å². The number of carbonyl (C=O) groups is 1. The molecule has 1 fully saturated rings. The second-order valence-corrected chi connectivity index (χ2v) is 7.85. The van der Waals surface area contributed by atoms with Crippen molar-refractivity contribution < 1.29 is 9.18 Å². The predicted molar refractivity (Wildman–Crippen MR) is 118 cm³/mol. The Labute approximate surface area is 180 Å². The predicted octanol–water partition coefficient (Wildman–Crippen LogP) is 3.34. The first kappa shape index (κ1) is 20.8. The fourth-order valence-corrected chi connectivity index (χ4v) is 3.77. The number of carbonyl (C=O) groups excluding carboxylic acids is 1. The molecule has 0 radical (unpaired) electrons. The number of aromatic nitrogens is 2. The van der Waals surface area contributed by atoms with Crippen LogP contribution in [0.3, 0.4) is 0 Å². The third kappa shape index (κ3) is 4.50. The number of hydrogen-bond donors (Lipinski definition) is 0. The van der Waals surface area contributed by atoms with E-state index in [-0.39, 0.29) is 11.5 Å². The van der Waals surface area contributed by atoms with Crippen molar-refractivity contribution in [2.75, 3.05) is 31.1 Å². The van der Waals surface area contributed by atoms with Gasteiger partial charge >= 0.3 is 0 Å². The fourth-order valence-electron chi connectivity index (χ4n) is 3.77. The zero-order valence-electron chi connectivity index (χ0n) is 17.7. The Balaban J connectivity index is 1.54. The Bertz CT molecular complexity index is 1170. The number of anilines is 1. The third-order valence-corrected chi connectivity index (χ3v) is 5.70. The van der Waals surface area contributed by atoms with E-state index in [0.29, 0.717) is 37.6 Å². The van der Waals surface area contributed by atoms with Gasteiger partial charge in [-0.05, 0) is 67.8 Å². The molecule has 1 aliphatic rings. The average molecular weight is 420 g/mol. The highest BCUT2D eigenvalue weighted by Gasteiger charge is 2.22. The van der Waals surface area contributed by atoms with Crippen LogP contribution < -0.4 is 10.5 Å². The van der Waals surface area contributed by atoms with Gasteiger partial charge in [-0.3, -0.25) is 9.59 Å². The van der Waals surface area contributed by atoms with Crippen LogP contribution in [0.5, 0.6) is 0 Å². The molecule has 7 heteroatoms. The van der Waals surface area contributed by atoms with E-state index in [1.54, 1.807) is 23.1 Å². The minimum absolute atomic E-state index is 0.172. The van der Waals surface area contributed by atoms with Crippen LogP contribution in [-0.2, 0) is 0 Å². The van der Waals surface area contributed by atoms with Gasteiger partial charge in [0.05, 0.1) is 5.69 Å². The van der Waals surface area contributed by atoms with Crippen LogP contribution in [0.2, 0.25) is 0 Å². The zero-order chi connectivity index (χ0) is 22.0. The summed E-state index contributed by atoms with van der Waals surface area (Å²) in [4.78, 5) is 29.0. The summed E-state index contributed by atoms with van der Waals surface area (Å²) in [5, 5.41) is 4.60. The molecule has 1 amide bonds. The molecule has 1 saturated heterocycles. The molecule has 0 aliphatic carbocycles. The van der Waals surface area contributed by atoms with Crippen LogP contribution in [-0.4, -0.2) is 46.8 Å². The Morgan fingerprint density at radius 1 is 0.935 bits per heavy atom. The standard InChI is InChI=1S/C24H25FN4O2/c1-17-7-8-21(15-18(17)2)29-23(30)10-9-22(26-29)27-11-4-12-28(14-13-27)24(31)19-5-3-6-20(25)16-19/h3,5-10,15-16H,4,11-14H2,1-2H3. The van der Waals surface area contributed by atoms with Crippen molar-refractivity contribution in [3.05, 3.63) is 87.5 Å². The van der Waals surface area contributed by atoms with Crippen molar-refractivity contribution in [3.63, 3.8) is 0 Å². The van der Waals surface area contributed by atoms with Crippen molar-refractivity contribution in [1.29, 1.82) is 0 Å². The van der Waals surface area contributed by atoms with Gasteiger partial charge in [-0.25, -0.2) is 4.39 Å². The summed E-state index contributed by atoms with van der Waals surface area (Å²) in [6.45, 7) is 6.42. The normalized spacial score (nSPS) is 14.4. The van der Waals surface area contributed by atoms with Crippen LogP contribution in [0.1, 0.15) is 27.9 Å². The van der Waals surface area contributed by atoms with Gasteiger partial charge in [0.1, 0.15) is 11.6 Å². The molecule has 2 heterocycles. The van der Waals surface area contributed by atoms with Gasteiger partial charge in [-0.1, -0.05) is 12.1 Å². The molecule has 6 nitrogen and oxygen atoms in total. The lowest BCUT2D eigenvalue weighted by Gasteiger charge is -2.23. The molecule has 1 aromatic heterocycles. The molecule has 3 aromatic rings. The number of rotatable bonds is 3. The number of aryl methyl sites for hydroxylation is 2. The number of benzene rings is 2. The lowest BCUT2D eigenvalue weighted by molar-refractivity contribution is 0.0766. The molecular formula is C24H25FN4O2. The summed E-state index contributed by atoms with van der Waals surface area (Å²) in [5.41, 5.74) is 3.15. The summed E-state index contributed by atoms with van der Waals surface area (Å²) in [7, 11) is 0. The van der Waals surface area contributed by atoms with Gasteiger partial charge in [-0.2, -0.15) is 4.68 Å². The van der Waals surface area contributed by atoms with Gasteiger partial charge in [0, 0.05) is 37.8 Å². The van der Waals surface area contributed by atoms with Crippen molar-refractivity contribution in [2.45, 2.75) is 20.3 Å². The summed E-state index contributed by atoms with van der Waals surface area (Å²) < 4.78 is 14.9. The highest BCUT2D eigenvalue weighted by molar-refractivity contribution is 5.94. The summed E-state index contributed by atoms with van der Waals surface area (Å²) in [6, 6.07) is 14.9. The Hall–Kier alpha value is -3.48. The topological polar surface area (TPSA) is 58.4 Å². The second-order valence-electron chi connectivity index (χ2n) is 7.85. The van der Waals surface area contributed by atoms with Crippen molar-refractivity contribution in [3.8, 4) is 5.69 Å². The van der Waals surface area contributed by atoms with Crippen LogP contribution in [0, 0.1) is 19.7 Å². The minimum atomic E-state index is -0.417. The summed E-state index contributed by atoms with van der Waals surface area (Å²) in [6.07, 6.45) is 0.755. The van der Waals surface area contributed by atoms with Crippen LogP contribution in [0.15, 0.2) is 59.4 Å². The lowest BCUT2D eigenvalue weighted by atomic mass is 10.1. The molecule has 0 unspecified atom stereocenters. The first-order valence-corrected chi connectivity index (χ1v) is 10.4. The number of halogens is 1. The number of nitrogens with zero attached hydrogens (tertiary/aromatic N) is 4. The molecule has 31 heavy (non-hydrogen) atoms. The van der Waals surface area contributed by atoms with E-state index in [1.165, 1.54) is 22.9 Å². The number of hydrogen-bond acceptors (Lipinski definition) is 4. The van der Waals surface area contributed by atoms with Crippen molar-refractivity contribution in [1.82, 2.24) is 14.7 Å². The van der Waals surface area contributed by atoms with E-state index in [4.69, 9.17) is 0 Å². The maximum Gasteiger partial charge on any atom is 0.271 e. The molecule has 1 aliphatic heterocycles. The fraction of sp³-hybridized carbons (Fsp3) is 0.292. The van der Waals surface area contributed by atoms with Crippen LogP contribution in [0.25, 0.3) is 5.69 Å². The third-order valence-electron chi connectivity index (χ3n) is 5.70. The molecule has 2 aromatic carbocycles. The van der Waals surface area contributed by atoms with E-state index in [0.717, 1.165) is 23.2 Å². The largest absolute Gasteiger partial charge is 0.353 e. The molecule has 0 atom stereocenters. The van der Waals surface area contributed by atoms with E-state index < -0.39 is 5.82 Å². The molecule has 0 N–H and O–H groups in total. The first-order chi connectivity index (χ1) is 14.9. The monoisotopic (exact) mass is 420 g/mol. The lowest BCUT2D eigenvalue weighted by Crippen LogP contribution is -2.36. The quantitative estimate of drug-likeness (QED) is 0.652. The Kier molecular flexibility index (Phi) is 5.84. The van der Waals surface area contributed by atoms with E-state index >= 15 is 0 Å². The Morgan fingerprint density at radius 2 is 1.77 bits per heavy atom. The van der Waals surface area contributed by atoms with E-state index in [9.17, 15) is 14.0 Å². The van der Waals surface area contributed by atoms with Crippen LogP contribution in [0.4, 0.5) is 10.2 Å². The van der Waals surface area contributed by atoms with Gasteiger partial charge < -0.3 is 9.80 Å². The van der Waals surface area contributed by atoms with E-state index in [2.05, 4.69) is 10.00 Å². The summed E-state index contributed by atoms with van der Waals surface area (Å²) >= 11 is 0. The van der Waals surface area contributed by atoms with Gasteiger partial charge in [-0.15, -0.1) is 5.10 Å². The highest BCUT2D eigenvalue weighted by Crippen LogP contribution is 2.17. The molecular weight excluding hydrogens is 395 g/mol. The maximum atomic E-state index is 13.5. The molecule has 0 saturated carbocycles. The minimum Gasteiger partial charge on any atom is -0.353 e. The molecule has 160 valence electrons. The summed E-state index contributed by atoms with van der Waals surface area (Å²) in [5.74, 6) is 0.104. The van der Waals surface area contributed by atoms with Gasteiger partial charge in [0.25, 0.3) is 11.5 Å². The SMILES string of the molecule is Cc1ccc(-n2nc(N3CCCN(C(=O)c4cccc(F)c4)CC3)ccc2=O)cc1C. The highest BCUT2D eigenvalue weighted by atomic mass is 19.1. The van der Waals surface area contributed by atoms with Gasteiger partial charge in [0.2, 0.25) is 0 Å².